The number of esters is 1. The van der Waals surface area contributed by atoms with Gasteiger partial charge in [0.2, 0.25) is 0 Å². The lowest BCUT2D eigenvalue weighted by Gasteiger charge is -2.03. The number of benzene rings is 3. The summed E-state index contributed by atoms with van der Waals surface area (Å²) in [5.74, 6) is -0.726. The molecule has 0 fully saturated rings. The number of carbonyl (C=O) groups is 2. The molecule has 0 unspecified atom stereocenters. The minimum Gasteiger partial charge on any atom is -0.507 e. The van der Waals surface area contributed by atoms with Crippen LogP contribution < -0.4 is 10.2 Å². The molecule has 0 aliphatic heterocycles. The Balaban J connectivity index is 1.52. The molecule has 0 atom stereocenters. The molecule has 0 spiro atoms. The third-order valence-electron chi connectivity index (χ3n) is 3.84. The summed E-state index contributed by atoms with van der Waals surface area (Å²) >= 11 is 0. The number of nitrogens with one attached hydrogen (secondary N) is 1. The Morgan fingerprint density at radius 1 is 0.862 bits per heavy atom. The zero-order chi connectivity index (χ0) is 20.5. The molecular weight excluding hydrogens is 368 g/mol. The molecule has 144 valence electrons. The second kappa shape index (κ2) is 9.66. The van der Waals surface area contributed by atoms with Gasteiger partial charge in [-0.15, -0.1) is 0 Å². The van der Waals surface area contributed by atoms with E-state index in [1.807, 2.05) is 30.3 Å². The maximum Gasteiger partial charge on any atom is 0.336 e. The Morgan fingerprint density at radius 2 is 1.55 bits per heavy atom. The second-order valence-corrected chi connectivity index (χ2v) is 5.95. The molecule has 0 radical (unpaired) electrons. The van der Waals surface area contributed by atoms with Gasteiger partial charge < -0.3 is 9.84 Å². The molecule has 1 amide bonds. The number of hydrogen-bond donors (Lipinski definition) is 2. The molecule has 2 N–H and O–H groups in total. The summed E-state index contributed by atoms with van der Waals surface area (Å²) in [7, 11) is 0. The summed E-state index contributed by atoms with van der Waals surface area (Å²) in [6, 6.07) is 22.3. The highest BCUT2D eigenvalue weighted by Crippen LogP contribution is 2.15. The van der Waals surface area contributed by atoms with E-state index in [1.54, 1.807) is 42.5 Å². The van der Waals surface area contributed by atoms with Gasteiger partial charge in [0.1, 0.15) is 11.5 Å². The Labute approximate surface area is 167 Å². The average Bonchev–Trinajstić information content (AvgIpc) is 2.74. The number of hydrogen-bond acceptors (Lipinski definition) is 5. The fourth-order valence-electron chi connectivity index (χ4n) is 2.39. The maximum atomic E-state index is 11.9. The number of hydrazone groups is 1. The summed E-state index contributed by atoms with van der Waals surface area (Å²) < 4.78 is 5.24. The van der Waals surface area contributed by atoms with Crippen molar-refractivity contribution in [2.24, 2.45) is 5.10 Å². The Kier molecular flexibility index (Phi) is 6.52. The topological polar surface area (TPSA) is 88.0 Å². The minimum atomic E-state index is -0.518. The number of para-hydroxylation sites is 1. The summed E-state index contributed by atoms with van der Waals surface area (Å²) in [6.07, 6.45) is 4.48. The van der Waals surface area contributed by atoms with Gasteiger partial charge in [0.05, 0.1) is 11.8 Å². The van der Waals surface area contributed by atoms with Crippen molar-refractivity contribution in [3.63, 3.8) is 0 Å². The van der Waals surface area contributed by atoms with E-state index in [2.05, 4.69) is 10.5 Å². The number of phenolic OH excluding ortho intramolecular Hbond substituents is 1. The number of nitrogens with zero attached hydrogens (tertiary/aromatic N) is 1. The van der Waals surface area contributed by atoms with Gasteiger partial charge in [0, 0.05) is 6.08 Å². The summed E-state index contributed by atoms with van der Waals surface area (Å²) in [5.41, 5.74) is 4.08. The number of amides is 1. The predicted molar refractivity (Wildman–Crippen MR) is 111 cm³/mol. The van der Waals surface area contributed by atoms with Gasteiger partial charge in [-0.3, -0.25) is 4.79 Å². The number of rotatable bonds is 6. The molecule has 3 rings (SSSR count). The zero-order valence-corrected chi connectivity index (χ0v) is 15.4. The Hall–Kier alpha value is -4.19. The van der Waals surface area contributed by atoms with Crippen LogP contribution in [0.5, 0.6) is 11.5 Å². The lowest BCUT2D eigenvalue weighted by Crippen LogP contribution is -2.17. The van der Waals surface area contributed by atoms with Crippen molar-refractivity contribution in [1.29, 1.82) is 0 Å². The highest BCUT2D eigenvalue weighted by Gasteiger charge is 2.08. The molecular formula is C23H18N2O4. The van der Waals surface area contributed by atoms with Crippen LogP contribution in [0, 0.1) is 0 Å². The van der Waals surface area contributed by atoms with Crippen LogP contribution in [0.2, 0.25) is 0 Å². The standard InChI is InChI=1S/C23H18N2O4/c26-21-9-5-4-8-20(21)23(28)25-24-16-18-10-13-19(14-11-18)29-22(27)15-12-17-6-2-1-3-7-17/h1-16,26H,(H,25,28)/b15-12+,24-16+. The quantitative estimate of drug-likeness (QED) is 0.222. The molecule has 0 aliphatic carbocycles. The van der Waals surface area contributed by atoms with Crippen LogP contribution in [-0.4, -0.2) is 23.2 Å². The van der Waals surface area contributed by atoms with Crippen LogP contribution in [0.3, 0.4) is 0 Å². The van der Waals surface area contributed by atoms with Gasteiger partial charge in [-0.25, -0.2) is 10.2 Å². The zero-order valence-electron chi connectivity index (χ0n) is 15.4. The van der Waals surface area contributed by atoms with Crippen molar-refractivity contribution in [3.05, 3.63) is 102 Å². The van der Waals surface area contributed by atoms with Crippen molar-refractivity contribution < 1.29 is 19.4 Å². The Bertz CT molecular complexity index is 1040. The fourth-order valence-corrected chi connectivity index (χ4v) is 2.39. The van der Waals surface area contributed by atoms with Gasteiger partial charge >= 0.3 is 5.97 Å². The van der Waals surface area contributed by atoms with Crippen LogP contribution >= 0.6 is 0 Å². The third-order valence-corrected chi connectivity index (χ3v) is 3.84. The Morgan fingerprint density at radius 3 is 2.28 bits per heavy atom. The van der Waals surface area contributed by atoms with Crippen LogP contribution in [0.25, 0.3) is 6.08 Å². The molecule has 0 aromatic heterocycles. The first-order chi connectivity index (χ1) is 14.1. The number of ether oxygens (including phenoxy) is 1. The van der Waals surface area contributed by atoms with Crippen molar-refractivity contribution in [2.45, 2.75) is 0 Å². The minimum absolute atomic E-state index is 0.118. The van der Waals surface area contributed by atoms with Crippen LogP contribution in [0.1, 0.15) is 21.5 Å². The molecule has 0 saturated heterocycles. The smallest absolute Gasteiger partial charge is 0.336 e. The van der Waals surface area contributed by atoms with Crippen molar-refractivity contribution in [3.8, 4) is 11.5 Å². The van der Waals surface area contributed by atoms with Crippen molar-refractivity contribution in [2.75, 3.05) is 0 Å². The van der Waals surface area contributed by atoms with Crippen molar-refractivity contribution >= 4 is 24.2 Å². The maximum absolute atomic E-state index is 11.9. The second-order valence-electron chi connectivity index (χ2n) is 5.95. The van der Waals surface area contributed by atoms with Gasteiger partial charge in [-0.05, 0) is 53.6 Å². The molecule has 6 heteroatoms. The van der Waals surface area contributed by atoms with E-state index in [1.165, 1.54) is 24.4 Å². The molecule has 0 bridgehead atoms. The molecule has 3 aromatic carbocycles. The fraction of sp³-hybridized carbons (Fsp3) is 0. The molecule has 3 aromatic rings. The SMILES string of the molecule is O=C(/C=C/c1ccccc1)Oc1ccc(/C=N/NC(=O)c2ccccc2O)cc1. The van der Waals surface area contributed by atoms with E-state index in [9.17, 15) is 14.7 Å². The van der Waals surface area contributed by atoms with Crippen LogP contribution in [0.15, 0.2) is 90.0 Å². The van der Waals surface area contributed by atoms with E-state index in [-0.39, 0.29) is 11.3 Å². The molecule has 0 saturated carbocycles. The summed E-state index contributed by atoms with van der Waals surface area (Å²) in [6.45, 7) is 0. The van der Waals surface area contributed by atoms with Gasteiger partial charge in [0.15, 0.2) is 0 Å². The van der Waals surface area contributed by atoms with E-state index in [4.69, 9.17) is 4.74 Å². The highest BCUT2D eigenvalue weighted by atomic mass is 16.5. The normalized spacial score (nSPS) is 10.9. The number of aromatic hydroxyl groups is 1. The molecule has 6 nitrogen and oxygen atoms in total. The first kappa shape index (κ1) is 19.6. The largest absolute Gasteiger partial charge is 0.507 e. The van der Waals surface area contributed by atoms with Gasteiger partial charge in [-0.2, -0.15) is 5.10 Å². The number of carbonyl (C=O) groups excluding carboxylic acids is 2. The third kappa shape index (κ3) is 5.90. The van der Waals surface area contributed by atoms with E-state index >= 15 is 0 Å². The molecule has 29 heavy (non-hydrogen) atoms. The van der Waals surface area contributed by atoms with Crippen LogP contribution in [-0.2, 0) is 4.79 Å². The lowest BCUT2D eigenvalue weighted by molar-refractivity contribution is -0.128. The van der Waals surface area contributed by atoms with Crippen molar-refractivity contribution in [1.82, 2.24) is 5.43 Å². The summed E-state index contributed by atoms with van der Waals surface area (Å²) in [4.78, 5) is 23.8. The predicted octanol–water partition coefficient (Wildman–Crippen LogP) is 3.77. The van der Waals surface area contributed by atoms with Gasteiger partial charge in [-0.1, -0.05) is 42.5 Å². The number of phenols is 1. The molecule has 0 aliphatic rings. The molecule has 0 heterocycles. The lowest BCUT2D eigenvalue weighted by atomic mass is 10.2. The van der Waals surface area contributed by atoms with E-state index < -0.39 is 11.9 Å². The first-order valence-electron chi connectivity index (χ1n) is 8.78. The van der Waals surface area contributed by atoms with Crippen LogP contribution in [0.4, 0.5) is 0 Å². The first-order valence-corrected chi connectivity index (χ1v) is 8.78. The van der Waals surface area contributed by atoms with Gasteiger partial charge in [0.25, 0.3) is 5.91 Å². The highest BCUT2D eigenvalue weighted by molar-refractivity contribution is 5.97. The monoisotopic (exact) mass is 386 g/mol. The average molecular weight is 386 g/mol. The van der Waals surface area contributed by atoms with E-state index in [0.717, 1.165) is 5.56 Å². The van der Waals surface area contributed by atoms with E-state index in [0.29, 0.717) is 11.3 Å². The summed E-state index contributed by atoms with van der Waals surface area (Å²) in [5, 5.41) is 13.5.